The lowest BCUT2D eigenvalue weighted by molar-refractivity contribution is -0.146. The van der Waals surface area contributed by atoms with E-state index >= 15 is 0 Å². The number of esters is 1. The van der Waals surface area contributed by atoms with Gasteiger partial charge in [0.05, 0.1) is 32.4 Å². The number of anilines is 1. The van der Waals surface area contributed by atoms with Crippen LogP contribution < -0.4 is 15.0 Å². The SMILES string of the molecule is COC(=O)[C@@H](CO)NC(=O)CN1C(=O)CCOc2ccccc21. The molecule has 1 atom stereocenters. The van der Waals surface area contributed by atoms with Gasteiger partial charge in [-0.05, 0) is 12.1 Å². The highest BCUT2D eigenvalue weighted by Gasteiger charge is 2.27. The standard InChI is InChI=1S/C15H18N2O6/c1-22-15(21)10(9-18)16-13(19)8-17-11-4-2-3-5-12(11)23-7-6-14(17)20/h2-5,10,18H,6-9H2,1H3,(H,16,19)/t10-/m1/s1. The van der Waals surface area contributed by atoms with Gasteiger partial charge < -0.3 is 19.9 Å². The molecule has 23 heavy (non-hydrogen) atoms. The van der Waals surface area contributed by atoms with Crippen LogP contribution in [0.3, 0.4) is 0 Å². The van der Waals surface area contributed by atoms with E-state index in [9.17, 15) is 14.4 Å². The number of amides is 2. The van der Waals surface area contributed by atoms with Crippen molar-refractivity contribution in [3.63, 3.8) is 0 Å². The summed E-state index contributed by atoms with van der Waals surface area (Å²) in [6.07, 6.45) is 0.141. The number of aliphatic hydroxyl groups excluding tert-OH is 1. The van der Waals surface area contributed by atoms with E-state index in [0.29, 0.717) is 11.4 Å². The molecule has 2 rings (SSSR count). The molecule has 0 radical (unpaired) electrons. The van der Waals surface area contributed by atoms with Crippen molar-refractivity contribution in [1.29, 1.82) is 0 Å². The molecule has 1 aliphatic rings. The molecular weight excluding hydrogens is 304 g/mol. The number of fused-ring (bicyclic) bond motifs is 1. The Bertz CT molecular complexity index is 603. The zero-order valence-corrected chi connectivity index (χ0v) is 12.7. The number of rotatable bonds is 5. The van der Waals surface area contributed by atoms with Crippen LogP contribution in [0.15, 0.2) is 24.3 Å². The minimum absolute atomic E-state index is 0.141. The van der Waals surface area contributed by atoms with Crippen LogP contribution in [0.1, 0.15) is 6.42 Å². The lowest BCUT2D eigenvalue weighted by Crippen LogP contribution is -2.48. The molecule has 0 bridgehead atoms. The molecule has 8 nitrogen and oxygen atoms in total. The second-order valence-corrected chi connectivity index (χ2v) is 4.87. The Hall–Kier alpha value is -2.61. The maximum atomic E-state index is 12.2. The first-order valence-corrected chi connectivity index (χ1v) is 7.07. The molecule has 0 fully saturated rings. The molecule has 8 heteroatoms. The van der Waals surface area contributed by atoms with Crippen LogP contribution in [-0.4, -0.2) is 55.8 Å². The highest BCUT2D eigenvalue weighted by molar-refractivity contribution is 6.01. The molecule has 2 N–H and O–H groups in total. The van der Waals surface area contributed by atoms with Gasteiger partial charge in [-0.2, -0.15) is 0 Å². The van der Waals surface area contributed by atoms with Gasteiger partial charge in [-0.25, -0.2) is 4.79 Å². The maximum Gasteiger partial charge on any atom is 0.330 e. The molecule has 0 spiro atoms. The summed E-state index contributed by atoms with van der Waals surface area (Å²) < 4.78 is 9.96. The lowest BCUT2D eigenvalue weighted by atomic mass is 10.2. The molecular formula is C15H18N2O6. The molecule has 0 saturated heterocycles. The zero-order chi connectivity index (χ0) is 16.8. The first-order chi connectivity index (χ1) is 11.1. The Morgan fingerprint density at radius 2 is 2.17 bits per heavy atom. The highest BCUT2D eigenvalue weighted by atomic mass is 16.5. The van der Waals surface area contributed by atoms with E-state index in [1.54, 1.807) is 24.3 Å². The van der Waals surface area contributed by atoms with Crippen LogP contribution in [0.4, 0.5) is 5.69 Å². The summed E-state index contributed by atoms with van der Waals surface area (Å²) in [6, 6.07) is 5.73. The molecule has 1 aromatic carbocycles. The second-order valence-electron chi connectivity index (χ2n) is 4.87. The third-order valence-corrected chi connectivity index (χ3v) is 3.34. The molecule has 0 aliphatic carbocycles. The third-order valence-electron chi connectivity index (χ3n) is 3.34. The average Bonchev–Trinajstić information content (AvgIpc) is 2.71. The van der Waals surface area contributed by atoms with Crippen LogP contribution in [0.5, 0.6) is 5.75 Å². The van der Waals surface area contributed by atoms with Gasteiger partial charge in [-0.15, -0.1) is 0 Å². The van der Waals surface area contributed by atoms with Crippen LogP contribution in [0, 0.1) is 0 Å². The number of benzene rings is 1. The van der Waals surface area contributed by atoms with Crippen molar-refractivity contribution >= 4 is 23.5 Å². The van der Waals surface area contributed by atoms with Crippen LogP contribution in [-0.2, 0) is 19.1 Å². The lowest BCUT2D eigenvalue weighted by Gasteiger charge is -2.22. The van der Waals surface area contributed by atoms with Gasteiger partial charge in [0, 0.05) is 0 Å². The number of aliphatic hydroxyl groups is 1. The zero-order valence-electron chi connectivity index (χ0n) is 12.7. The van der Waals surface area contributed by atoms with E-state index in [4.69, 9.17) is 9.84 Å². The van der Waals surface area contributed by atoms with Gasteiger partial charge in [0.25, 0.3) is 0 Å². The number of para-hydroxylation sites is 2. The van der Waals surface area contributed by atoms with Crippen molar-refractivity contribution in [3.05, 3.63) is 24.3 Å². The number of methoxy groups -OCH3 is 1. The molecule has 1 aliphatic heterocycles. The van der Waals surface area contributed by atoms with E-state index in [-0.39, 0.29) is 25.5 Å². The predicted molar refractivity (Wildman–Crippen MR) is 79.9 cm³/mol. The number of nitrogens with one attached hydrogen (secondary N) is 1. The molecule has 124 valence electrons. The normalized spacial score (nSPS) is 15.0. The van der Waals surface area contributed by atoms with E-state index in [2.05, 4.69) is 10.1 Å². The fourth-order valence-corrected chi connectivity index (χ4v) is 2.20. The number of carbonyl (C=O) groups excluding carboxylic acids is 3. The Morgan fingerprint density at radius 3 is 2.87 bits per heavy atom. The molecule has 1 heterocycles. The summed E-state index contributed by atoms with van der Waals surface area (Å²) >= 11 is 0. The molecule has 1 aromatic rings. The van der Waals surface area contributed by atoms with Crippen LogP contribution in [0.2, 0.25) is 0 Å². The van der Waals surface area contributed by atoms with Gasteiger partial charge >= 0.3 is 5.97 Å². The summed E-state index contributed by atoms with van der Waals surface area (Å²) in [5, 5.41) is 11.5. The van der Waals surface area contributed by atoms with Gasteiger partial charge in [0.15, 0.2) is 6.04 Å². The van der Waals surface area contributed by atoms with Gasteiger partial charge in [-0.3, -0.25) is 14.5 Å². The Balaban J connectivity index is 2.13. The van der Waals surface area contributed by atoms with Gasteiger partial charge in [0.1, 0.15) is 12.3 Å². The largest absolute Gasteiger partial charge is 0.491 e. The minimum Gasteiger partial charge on any atom is -0.491 e. The topological polar surface area (TPSA) is 105 Å². The first kappa shape index (κ1) is 16.8. The summed E-state index contributed by atoms with van der Waals surface area (Å²) in [5.41, 5.74) is 0.490. The van der Waals surface area contributed by atoms with E-state index < -0.39 is 24.5 Å². The maximum absolute atomic E-state index is 12.2. The van der Waals surface area contributed by atoms with Crippen molar-refractivity contribution in [1.82, 2.24) is 5.32 Å². The van der Waals surface area contributed by atoms with E-state index in [0.717, 1.165) is 7.11 Å². The molecule has 0 saturated carbocycles. The second kappa shape index (κ2) is 7.59. The smallest absolute Gasteiger partial charge is 0.330 e. The van der Waals surface area contributed by atoms with Crippen molar-refractivity contribution in [2.24, 2.45) is 0 Å². The third kappa shape index (κ3) is 3.98. The van der Waals surface area contributed by atoms with Crippen molar-refractivity contribution < 1.29 is 29.0 Å². The summed E-state index contributed by atoms with van der Waals surface area (Å²) in [7, 11) is 1.16. The highest BCUT2D eigenvalue weighted by Crippen LogP contribution is 2.30. The van der Waals surface area contributed by atoms with Crippen molar-refractivity contribution in [2.45, 2.75) is 12.5 Å². The Labute approximate surface area is 133 Å². The predicted octanol–water partition coefficient (Wildman–Crippen LogP) is -0.548. The molecule has 0 unspecified atom stereocenters. The fraction of sp³-hybridized carbons (Fsp3) is 0.400. The average molecular weight is 322 g/mol. The fourth-order valence-electron chi connectivity index (χ4n) is 2.20. The van der Waals surface area contributed by atoms with E-state index in [1.807, 2.05) is 0 Å². The summed E-state index contributed by atoms with van der Waals surface area (Å²) in [6.45, 7) is -0.645. The van der Waals surface area contributed by atoms with Crippen molar-refractivity contribution in [3.8, 4) is 5.75 Å². The van der Waals surface area contributed by atoms with Crippen LogP contribution >= 0.6 is 0 Å². The quantitative estimate of drug-likeness (QED) is 0.705. The number of carbonyl (C=O) groups is 3. The summed E-state index contributed by atoms with van der Waals surface area (Å²) in [4.78, 5) is 37.0. The number of hydrogen-bond acceptors (Lipinski definition) is 6. The first-order valence-electron chi connectivity index (χ1n) is 7.07. The summed E-state index contributed by atoms with van der Waals surface area (Å²) in [5.74, 6) is -1.09. The van der Waals surface area contributed by atoms with E-state index in [1.165, 1.54) is 4.90 Å². The number of hydrogen-bond donors (Lipinski definition) is 2. The molecule has 0 aromatic heterocycles. The number of ether oxygens (including phenoxy) is 2. The number of nitrogens with zero attached hydrogens (tertiary/aromatic N) is 1. The molecule has 2 amide bonds. The Kier molecular flexibility index (Phi) is 5.53. The van der Waals surface area contributed by atoms with Gasteiger partial charge in [0.2, 0.25) is 11.8 Å². The minimum atomic E-state index is -1.17. The van der Waals surface area contributed by atoms with Gasteiger partial charge in [-0.1, -0.05) is 12.1 Å². The Morgan fingerprint density at radius 1 is 1.43 bits per heavy atom. The monoisotopic (exact) mass is 322 g/mol. The van der Waals surface area contributed by atoms with Crippen LogP contribution in [0.25, 0.3) is 0 Å². The van der Waals surface area contributed by atoms with Crippen molar-refractivity contribution in [2.75, 3.05) is 31.8 Å².